The fourth-order valence-corrected chi connectivity index (χ4v) is 5.58. The number of piperidine rings is 1. The van der Waals surface area contributed by atoms with Gasteiger partial charge >= 0.3 is 0 Å². The van der Waals surface area contributed by atoms with Crippen molar-refractivity contribution in [1.29, 1.82) is 0 Å². The molecule has 1 aliphatic rings. The first-order chi connectivity index (χ1) is 14.8. The maximum Gasteiger partial charge on any atom is 0.233 e. The number of thiazole rings is 1. The van der Waals surface area contributed by atoms with E-state index in [0.29, 0.717) is 36.8 Å². The number of amides is 1. The topological polar surface area (TPSA) is 92.7 Å². The molecule has 3 heterocycles. The van der Waals surface area contributed by atoms with Crippen LogP contribution in [0, 0.1) is 5.92 Å². The summed E-state index contributed by atoms with van der Waals surface area (Å²) in [6.07, 6.45) is 5.90. The third kappa shape index (κ3) is 4.86. The molecule has 0 saturated carbocycles. The van der Waals surface area contributed by atoms with Gasteiger partial charge in [0.05, 0.1) is 36.0 Å². The number of aromatic nitrogens is 2. The largest absolute Gasteiger partial charge is 0.497 e. The Morgan fingerprint density at radius 3 is 2.90 bits per heavy atom. The van der Waals surface area contributed by atoms with Crippen LogP contribution in [0.2, 0.25) is 0 Å². The average molecular weight is 461 g/mol. The van der Waals surface area contributed by atoms with Crippen molar-refractivity contribution in [2.24, 2.45) is 5.92 Å². The predicted molar refractivity (Wildman–Crippen MR) is 121 cm³/mol. The Balaban J connectivity index is 1.68. The predicted octanol–water partition coefficient (Wildman–Crippen LogP) is 2.90. The zero-order valence-electron chi connectivity index (χ0n) is 17.4. The van der Waals surface area contributed by atoms with Crippen molar-refractivity contribution in [3.63, 3.8) is 0 Å². The van der Waals surface area contributed by atoms with Gasteiger partial charge in [-0.25, -0.2) is 17.7 Å². The molecule has 1 unspecified atom stereocenters. The normalized spacial score (nSPS) is 17.5. The molecular weight excluding hydrogens is 436 g/mol. The number of nitrogens with zero attached hydrogens (tertiary/aromatic N) is 4. The van der Waals surface area contributed by atoms with Gasteiger partial charge in [-0.15, -0.1) is 0 Å². The lowest BCUT2D eigenvalue weighted by atomic mass is 9.98. The minimum Gasteiger partial charge on any atom is -0.497 e. The first-order valence-corrected chi connectivity index (χ1v) is 12.6. The van der Waals surface area contributed by atoms with Crippen LogP contribution in [0.3, 0.4) is 0 Å². The summed E-state index contributed by atoms with van der Waals surface area (Å²) < 4.78 is 31.7. The molecule has 164 valence electrons. The lowest BCUT2D eigenvalue weighted by molar-refractivity contribution is -0.123. The molecule has 8 nitrogen and oxygen atoms in total. The summed E-state index contributed by atoms with van der Waals surface area (Å²) in [4.78, 5) is 24.1. The van der Waals surface area contributed by atoms with Crippen LogP contribution in [0.25, 0.3) is 10.2 Å². The van der Waals surface area contributed by atoms with Crippen LogP contribution in [0.15, 0.2) is 42.7 Å². The van der Waals surface area contributed by atoms with Crippen LogP contribution < -0.4 is 9.64 Å². The fraction of sp³-hybridized carbons (Fsp3) is 0.381. The third-order valence-electron chi connectivity index (χ3n) is 5.35. The fourth-order valence-electron chi connectivity index (χ4n) is 3.72. The van der Waals surface area contributed by atoms with Crippen molar-refractivity contribution in [3.8, 4) is 5.75 Å². The lowest BCUT2D eigenvalue weighted by Gasteiger charge is -2.33. The Hall–Kier alpha value is -2.56. The minimum atomic E-state index is -3.34. The number of hydrogen-bond donors (Lipinski definition) is 0. The van der Waals surface area contributed by atoms with Crippen LogP contribution in [-0.2, 0) is 21.4 Å². The Labute approximate surface area is 185 Å². The van der Waals surface area contributed by atoms with E-state index in [4.69, 9.17) is 9.72 Å². The summed E-state index contributed by atoms with van der Waals surface area (Å²) in [6.45, 7) is 0.963. The first kappa shape index (κ1) is 21.7. The van der Waals surface area contributed by atoms with E-state index in [1.807, 2.05) is 30.3 Å². The summed E-state index contributed by atoms with van der Waals surface area (Å²) in [5, 5.41) is 0.577. The quantitative estimate of drug-likeness (QED) is 0.562. The van der Waals surface area contributed by atoms with Crippen LogP contribution in [0.5, 0.6) is 5.75 Å². The maximum absolute atomic E-state index is 13.6. The van der Waals surface area contributed by atoms with Crippen molar-refractivity contribution in [2.75, 3.05) is 31.4 Å². The van der Waals surface area contributed by atoms with Crippen LogP contribution in [0.4, 0.5) is 5.13 Å². The molecule has 1 atom stereocenters. The van der Waals surface area contributed by atoms with Crippen LogP contribution in [-0.4, -0.2) is 55.1 Å². The highest BCUT2D eigenvalue weighted by Crippen LogP contribution is 2.33. The third-order valence-corrected chi connectivity index (χ3v) is 7.68. The van der Waals surface area contributed by atoms with E-state index in [1.165, 1.54) is 21.9 Å². The first-order valence-electron chi connectivity index (χ1n) is 9.95. The number of carbonyl (C=O) groups is 1. The molecule has 0 bridgehead atoms. The van der Waals surface area contributed by atoms with Crippen molar-refractivity contribution in [2.45, 2.75) is 19.4 Å². The van der Waals surface area contributed by atoms with E-state index in [1.54, 1.807) is 24.4 Å². The van der Waals surface area contributed by atoms with E-state index >= 15 is 0 Å². The zero-order valence-corrected chi connectivity index (χ0v) is 19.0. The highest BCUT2D eigenvalue weighted by Gasteiger charge is 2.34. The van der Waals surface area contributed by atoms with Gasteiger partial charge in [0.2, 0.25) is 15.9 Å². The summed E-state index contributed by atoms with van der Waals surface area (Å²) in [5.41, 5.74) is 1.63. The average Bonchev–Trinajstić information content (AvgIpc) is 3.20. The van der Waals surface area contributed by atoms with E-state index in [9.17, 15) is 13.2 Å². The van der Waals surface area contributed by atoms with E-state index in [0.717, 1.165) is 15.8 Å². The summed E-state index contributed by atoms with van der Waals surface area (Å²) >= 11 is 1.43. The summed E-state index contributed by atoms with van der Waals surface area (Å²) in [5.74, 6) is 0.162. The number of rotatable bonds is 6. The number of sulfonamides is 1. The molecule has 1 saturated heterocycles. The van der Waals surface area contributed by atoms with Gasteiger partial charge in [-0.2, -0.15) is 0 Å². The van der Waals surface area contributed by atoms with Gasteiger partial charge < -0.3 is 4.74 Å². The van der Waals surface area contributed by atoms with E-state index in [-0.39, 0.29) is 12.5 Å². The summed E-state index contributed by atoms with van der Waals surface area (Å²) in [6, 6.07) is 9.37. The molecule has 0 aliphatic carbocycles. The monoisotopic (exact) mass is 460 g/mol. The molecule has 1 amide bonds. The lowest BCUT2D eigenvalue weighted by Crippen LogP contribution is -2.46. The number of benzene rings is 1. The molecule has 0 spiro atoms. The van der Waals surface area contributed by atoms with Crippen molar-refractivity contribution in [3.05, 3.63) is 48.3 Å². The Morgan fingerprint density at radius 2 is 2.19 bits per heavy atom. The van der Waals surface area contributed by atoms with E-state index in [2.05, 4.69) is 4.98 Å². The molecule has 3 aromatic rings. The Kier molecular flexibility index (Phi) is 6.22. The highest BCUT2D eigenvalue weighted by atomic mass is 32.2. The second-order valence-electron chi connectivity index (χ2n) is 7.58. The van der Waals surface area contributed by atoms with Gasteiger partial charge in [-0.05, 0) is 36.6 Å². The van der Waals surface area contributed by atoms with Crippen LogP contribution in [0.1, 0.15) is 18.4 Å². The number of ether oxygens (including phenoxy) is 1. The molecule has 2 aromatic heterocycles. The van der Waals surface area contributed by atoms with Crippen LogP contribution >= 0.6 is 11.3 Å². The minimum absolute atomic E-state index is 0.122. The molecule has 4 rings (SSSR count). The molecule has 0 radical (unpaired) electrons. The van der Waals surface area contributed by atoms with Crippen molar-refractivity contribution >= 4 is 42.6 Å². The van der Waals surface area contributed by atoms with Gasteiger partial charge in [0.25, 0.3) is 0 Å². The Morgan fingerprint density at radius 1 is 1.35 bits per heavy atom. The van der Waals surface area contributed by atoms with Gasteiger partial charge in [0, 0.05) is 31.5 Å². The SMILES string of the molecule is COc1ccc2sc(N(Cc3cccnc3)C(=O)C3CCCN(S(C)(=O)=O)C3)nc2c1. The smallest absolute Gasteiger partial charge is 0.233 e. The van der Waals surface area contributed by atoms with Crippen molar-refractivity contribution < 1.29 is 17.9 Å². The number of anilines is 1. The Bertz CT molecular complexity index is 1180. The molecule has 10 heteroatoms. The standard InChI is InChI=1S/C21H24N4O4S2/c1-29-17-7-8-19-18(11-17)23-21(30-19)25(13-15-5-3-9-22-12-15)20(26)16-6-4-10-24(14-16)31(2,27)28/h3,5,7-9,11-12,16H,4,6,10,13-14H2,1-2H3. The summed E-state index contributed by atoms with van der Waals surface area (Å²) in [7, 11) is -1.74. The molecule has 31 heavy (non-hydrogen) atoms. The molecule has 1 fully saturated rings. The number of carbonyl (C=O) groups excluding carboxylic acids is 1. The van der Waals surface area contributed by atoms with Gasteiger partial charge in [0.15, 0.2) is 5.13 Å². The number of methoxy groups -OCH3 is 1. The van der Waals surface area contributed by atoms with Gasteiger partial charge in [0.1, 0.15) is 5.75 Å². The zero-order chi connectivity index (χ0) is 22.0. The highest BCUT2D eigenvalue weighted by molar-refractivity contribution is 7.88. The van der Waals surface area contributed by atoms with E-state index < -0.39 is 15.9 Å². The maximum atomic E-state index is 13.6. The van der Waals surface area contributed by atoms with Gasteiger partial charge in [-0.3, -0.25) is 14.7 Å². The molecule has 1 aliphatic heterocycles. The number of pyridine rings is 1. The molecule has 0 N–H and O–H groups in total. The second-order valence-corrected chi connectivity index (χ2v) is 10.6. The number of hydrogen-bond acceptors (Lipinski definition) is 7. The second kappa shape index (κ2) is 8.89. The molecule has 1 aromatic carbocycles. The van der Waals surface area contributed by atoms with Crippen molar-refractivity contribution in [1.82, 2.24) is 14.3 Å². The van der Waals surface area contributed by atoms with Gasteiger partial charge in [-0.1, -0.05) is 17.4 Å². The molecular formula is C21H24N4O4S2. The number of fused-ring (bicyclic) bond motifs is 1.